The highest BCUT2D eigenvalue weighted by Crippen LogP contribution is 1.91. The van der Waals surface area contributed by atoms with Crippen LogP contribution in [0.5, 0.6) is 0 Å². The van der Waals surface area contributed by atoms with Crippen LogP contribution in [0.4, 0.5) is 0 Å². The Labute approximate surface area is 112 Å². The second-order valence-electron chi connectivity index (χ2n) is 4.40. The Kier molecular flexibility index (Phi) is 14.8. The van der Waals surface area contributed by atoms with Gasteiger partial charge in [0.25, 0.3) is 0 Å². The minimum atomic E-state index is 0.242. The summed E-state index contributed by atoms with van der Waals surface area (Å²) in [6.45, 7) is 12.0. The van der Waals surface area contributed by atoms with E-state index in [0.29, 0.717) is 13.2 Å². The molecule has 1 unspecified atom stereocenters. The summed E-state index contributed by atoms with van der Waals surface area (Å²) >= 11 is 0. The fourth-order valence-corrected chi connectivity index (χ4v) is 1.46. The molecule has 1 N–H and O–H groups in total. The molecule has 110 valence electrons. The third-order valence-corrected chi connectivity index (χ3v) is 2.55. The lowest BCUT2D eigenvalue weighted by Crippen LogP contribution is -2.29. The molecule has 0 heterocycles. The van der Waals surface area contributed by atoms with E-state index in [2.05, 4.69) is 19.2 Å². The van der Waals surface area contributed by atoms with Crippen LogP contribution >= 0.6 is 0 Å². The maximum absolute atomic E-state index is 5.63. The Hall–Kier alpha value is -0.160. The minimum Gasteiger partial charge on any atom is -0.382 e. The summed E-state index contributed by atoms with van der Waals surface area (Å²) < 4.78 is 16.3. The standard InChI is InChI=1S/C14H31NO3/c1-4-6-9-17-11-12-18-14(3)13-15-8-7-10-16-5-2/h14-15H,4-13H2,1-3H3. The molecule has 0 fully saturated rings. The van der Waals surface area contributed by atoms with Crippen LogP contribution in [0.3, 0.4) is 0 Å². The molecule has 0 radical (unpaired) electrons. The summed E-state index contributed by atoms with van der Waals surface area (Å²) in [6.07, 6.45) is 3.62. The van der Waals surface area contributed by atoms with Gasteiger partial charge < -0.3 is 19.5 Å². The fraction of sp³-hybridized carbons (Fsp3) is 1.00. The van der Waals surface area contributed by atoms with Crippen LogP contribution in [-0.2, 0) is 14.2 Å². The van der Waals surface area contributed by atoms with Crippen LogP contribution in [0.2, 0.25) is 0 Å². The monoisotopic (exact) mass is 261 g/mol. The van der Waals surface area contributed by atoms with E-state index in [1.165, 1.54) is 6.42 Å². The zero-order valence-corrected chi connectivity index (χ0v) is 12.4. The lowest BCUT2D eigenvalue weighted by atomic mass is 10.3. The van der Waals surface area contributed by atoms with Gasteiger partial charge in [0.05, 0.1) is 19.3 Å². The van der Waals surface area contributed by atoms with Gasteiger partial charge in [0.1, 0.15) is 0 Å². The first-order valence-electron chi connectivity index (χ1n) is 7.29. The van der Waals surface area contributed by atoms with Gasteiger partial charge in [0.2, 0.25) is 0 Å². The third-order valence-electron chi connectivity index (χ3n) is 2.55. The van der Waals surface area contributed by atoms with Crippen LogP contribution in [0.15, 0.2) is 0 Å². The van der Waals surface area contributed by atoms with E-state index >= 15 is 0 Å². The lowest BCUT2D eigenvalue weighted by Gasteiger charge is -2.14. The minimum absolute atomic E-state index is 0.242. The van der Waals surface area contributed by atoms with E-state index in [9.17, 15) is 0 Å². The van der Waals surface area contributed by atoms with Crippen molar-refractivity contribution >= 4 is 0 Å². The molecule has 18 heavy (non-hydrogen) atoms. The Morgan fingerprint density at radius 3 is 2.44 bits per heavy atom. The zero-order chi connectivity index (χ0) is 13.5. The predicted octanol–water partition coefficient (Wildman–Crippen LogP) is 2.22. The van der Waals surface area contributed by atoms with Crippen molar-refractivity contribution < 1.29 is 14.2 Å². The summed E-state index contributed by atoms with van der Waals surface area (Å²) in [6, 6.07) is 0. The molecule has 0 aromatic rings. The maximum Gasteiger partial charge on any atom is 0.0704 e. The van der Waals surface area contributed by atoms with E-state index < -0.39 is 0 Å². The first kappa shape index (κ1) is 17.8. The van der Waals surface area contributed by atoms with Gasteiger partial charge in [-0.25, -0.2) is 0 Å². The Morgan fingerprint density at radius 1 is 0.944 bits per heavy atom. The average molecular weight is 261 g/mol. The van der Waals surface area contributed by atoms with Crippen molar-refractivity contribution in [3.8, 4) is 0 Å². The number of hydrogen-bond acceptors (Lipinski definition) is 4. The fourth-order valence-electron chi connectivity index (χ4n) is 1.46. The average Bonchev–Trinajstić information content (AvgIpc) is 2.38. The van der Waals surface area contributed by atoms with Crippen molar-refractivity contribution in [3.05, 3.63) is 0 Å². The summed E-state index contributed by atoms with van der Waals surface area (Å²) in [5.74, 6) is 0. The molecule has 1 atom stereocenters. The summed E-state index contributed by atoms with van der Waals surface area (Å²) in [5.41, 5.74) is 0. The van der Waals surface area contributed by atoms with Gasteiger partial charge in [0, 0.05) is 26.4 Å². The summed E-state index contributed by atoms with van der Waals surface area (Å²) in [4.78, 5) is 0. The molecule has 4 heteroatoms. The van der Waals surface area contributed by atoms with Crippen LogP contribution in [0.25, 0.3) is 0 Å². The quantitative estimate of drug-likeness (QED) is 0.487. The van der Waals surface area contributed by atoms with Gasteiger partial charge in [-0.15, -0.1) is 0 Å². The molecular weight excluding hydrogens is 230 g/mol. The van der Waals surface area contributed by atoms with Crippen molar-refractivity contribution in [1.29, 1.82) is 0 Å². The summed E-state index contributed by atoms with van der Waals surface area (Å²) in [7, 11) is 0. The molecule has 0 saturated carbocycles. The maximum atomic E-state index is 5.63. The summed E-state index contributed by atoms with van der Waals surface area (Å²) in [5, 5.41) is 3.36. The molecule has 0 bridgehead atoms. The molecule has 0 aliphatic carbocycles. The molecule has 0 spiro atoms. The van der Waals surface area contributed by atoms with Crippen molar-refractivity contribution in [2.75, 3.05) is 46.1 Å². The second kappa shape index (κ2) is 14.9. The van der Waals surface area contributed by atoms with Crippen LogP contribution < -0.4 is 5.32 Å². The largest absolute Gasteiger partial charge is 0.382 e. The Morgan fingerprint density at radius 2 is 1.72 bits per heavy atom. The van der Waals surface area contributed by atoms with Crippen LogP contribution in [0, 0.1) is 0 Å². The second-order valence-corrected chi connectivity index (χ2v) is 4.40. The molecule has 0 saturated heterocycles. The van der Waals surface area contributed by atoms with Crippen molar-refractivity contribution in [2.24, 2.45) is 0 Å². The molecule has 4 nitrogen and oxygen atoms in total. The highest BCUT2D eigenvalue weighted by molar-refractivity contribution is 4.55. The van der Waals surface area contributed by atoms with E-state index in [1.54, 1.807) is 0 Å². The predicted molar refractivity (Wildman–Crippen MR) is 75.1 cm³/mol. The van der Waals surface area contributed by atoms with E-state index in [0.717, 1.165) is 45.8 Å². The highest BCUT2D eigenvalue weighted by atomic mass is 16.5. The van der Waals surface area contributed by atoms with Gasteiger partial charge in [-0.05, 0) is 33.2 Å². The number of rotatable bonds is 14. The number of unbranched alkanes of at least 4 members (excludes halogenated alkanes) is 1. The van der Waals surface area contributed by atoms with Crippen molar-refractivity contribution in [2.45, 2.75) is 46.1 Å². The molecule has 0 aromatic carbocycles. The van der Waals surface area contributed by atoms with Gasteiger partial charge in [-0.1, -0.05) is 13.3 Å². The Balaban J connectivity index is 3.10. The topological polar surface area (TPSA) is 39.7 Å². The van der Waals surface area contributed by atoms with Crippen molar-refractivity contribution in [1.82, 2.24) is 5.32 Å². The van der Waals surface area contributed by atoms with E-state index in [4.69, 9.17) is 14.2 Å². The van der Waals surface area contributed by atoms with Crippen LogP contribution in [-0.4, -0.2) is 52.2 Å². The third kappa shape index (κ3) is 13.9. The molecule has 0 aromatic heterocycles. The number of nitrogens with one attached hydrogen (secondary N) is 1. The van der Waals surface area contributed by atoms with E-state index in [-0.39, 0.29) is 6.10 Å². The van der Waals surface area contributed by atoms with Crippen molar-refractivity contribution in [3.63, 3.8) is 0 Å². The van der Waals surface area contributed by atoms with Gasteiger partial charge in [-0.2, -0.15) is 0 Å². The lowest BCUT2D eigenvalue weighted by molar-refractivity contribution is 0.0121. The molecular formula is C14H31NO3. The zero-order valence-electron chi connectivity index (χ0n) is 12.4. The molecule has 0 rings (SSSR count). The smallest absolute Gasteiger partial charge is 0.0704 e. The molecule has 0 aliphatic heterocycles. The number of hydrogen-bond donors (Lipinski definition) is 1. The molecule has 0 aliphatic rings. The van der Waals surface area contributed by atoms with Crippen LogP contribution in [0.1, 0.15) is 40.0 Å². The van der Waals surface area contributed by atoms with E-state index in [1.807, 2.05) is 6.92 Å². The van der Waals surface area contributed by atoms with Gasteiger partial charge >= 0.3 is 0 Å². The van der Waals surface area contributed by atoms with Gasteiger partial charge in [0.15, 0.2) is 0 Å². The highest BCUT2D eigenvalue weighted by Gasteiger charge is 2.00. The molecule has 0 amide bonds. The normalized spacial score (nSPS) is 12.8. The Bertz CT molecular complexity index is 140. The SMILES string of the molecule is CCCCOCCOC(C)CNCCCOCC. The number of ether oxygens (including phenoxy) is 3. The first-order chi connectivity index (χ1) is 8.81. The first-order valence-corrected chi connectivity index (χ1v) is 7.29. The van der Waals surface area contributed by atoms with Gasteiger partial charge in [-0.3, -0.25) is 0 Å².